The number of hydrogen-bond acceptors (Lipinski definition) is 7. The number of rotatable bonds is 4. The highest BCUT2D eigenvalue weighted by molar-refractivity contribution is 8.26. The third-order valence-corrected chi connectivity index (χ3v) is 7.70. The highest BCUT2D eigenvalue weighted by Crippen LogP contribution is 2.35. The molecule has 0 saturated carbocycles. The number of aryl methyl sites for hydroxylation is 1. The Bertz CT molecular complexity index is 1440. The normalized spacial score (nSPS) is 17.8. The summed E-state index contributed by atoms with van der Waals surface area (Å²) in [5.74, 6) is 0.0965. The second-order valence-electron chi connectivity index (χ2n) is 9.18. The van der Waals surface area contributed by atoms with Gasteiger partial charge in [-0.3, -0.25) is 18.9 Å². The standard InChI is InChI=1S/C26H26FN5O2S2/c1-16(2)32-25(34)21(36-26(32)35)14-20-23(28-22-9-4-17(3)15-31(22)24(20)33)30-12-10-29(11-13-30)19-7-5-18(27)6-8-19/h4-9,14-16H,10-13H2,1-3H3/b21-14-. The van der Waals surface area contributed by atoms with Gasteiger partial charge >= 0.3 is 0 Å². The second-order valence-corrected chi connectivity index (χ2v) is 10.9. The Morgan fingerprint density at radius 2 is 1.69 bits per heavy atom. The highest BCUT2D eigenvalue weighted by atomic mass is 32.2. The lowest BCUT2D eigenvalue weighted by Crippen LogP contribution is -2.47. The van der Waals surface area contributed by atoms with Crippen LogP contribution in [0.4, 0.5) is 15.9 Å². The first-order valence-electron chi connectivity index (χ1n) is 11.8. The van der Waals surface area contributed by atoms with Crippen molar-refractivity contribution in [1.29, 1.82) is 0 Å². The summed E-state index contributed by atoms with van der Waals surface area (Å²) in [6, 6.07) is 10.2. The highest BCUT2D eigenvalue weighted by Gasteiger charge is 2.34. The molecular formula is C26H26FN5O2S2. The number of halogens is 1. The number of nitrogens with zero attached hydrogens (tertiary/aromatic N) is 5. The Kier molecular flexibility index (Phi) is 6.57. The van der Waals surface area contributed by atoms with E-state index in [4.69, 9.17) is 17.2 Å². The number of piperazine rings is 1. The molecule has 2 aliphatic heterocycles. The minimum Gasteiger partial charge on any atom is -0.368 e. The quantitative estimate of drug-likeness (QED) is 0.377. The lowest BCUT2D eigenvalue weighted by molar-refractivity contribution is -0.123. The summed E-state index contributed by atoms with van der Waals surface area (Å²) in [6.45, 7) is 8.37. The molecule has 2 saturated heterocycles. The zero-order chi connectivity index (χ0) is 25.6. The van der Waals surface area contributed by atoms with Crippen LogP contribution in [0.5, 0.6) is 0 Å². The van der Waals surface area contributed by atoms with Gasteiger partial charge in [-0.25, -0.2) is 9.37 Å². The van der Waals surface area contributed by atoms with Gasteiger partial charge < -0.3 is 9.80 Å². The lowest BCUT2D eigenvalue weighted by Gasteiger charge is -2.37. The van der Waals surface area contributed by atoms with E-state index < -0.39 is 0 Å². The predicted octanol–water partition coefficient (Wildman–Crippen LogP) is 4.08. The van der Waals surface area contributed by atoms with Crippen LogP contribution in [0.3, 0.4) is 0 Å². The lowest BCUT2D eigenvalue weighted by atomic mass is 10.2. The minimum absolute atomic E-state index is 0.0686. The Morgan fingerprint density at radius 3 is 2.33 bits per heavy atom. The molecule has 0 unspecified atom stereocenters. The molecule has 2 aliphatic rings. The number of thiocarbonyl (C=S) groups is 1. The first-order valence-corrected chi connectivity index (χ1v) is 13.0. The number of carbonyl (C=O) groups is 1. The van der Waals surface area contributed by atoms with Crippen LogP contribution in [0.2, 0.25) is 0 Å². The average Bonchev–Trinajstić information content (AvgIpc) is 3.14. The van der Waals surface area contributed by atoms with Gasteiger partial charge in [0.1, 0.15) is 21.6 Å². The van der Waals surface area contributed by atoms with E-state index in [1.807, 2.05) is 32.9 Å². The fourth-order valence-corrected chi connectivity index (χ4v) is 6.00. The Morgan fingerprint density at radius 1 is 1.03 bits per heavy atom. The summed E-state index contributed by atoms with van der Waals surface area (Å²) >= 11 is 6.64. The average molecular weight is 524 g/mol. The van der Waals surface area contributed by atoms with Crippen molar-refractivity contribution in [3.63, 3.8) is 0 Å². The third kappa shape index (κ3) is 4.51. The van der Waals surface area contributed by atoms with Crippen LogP contribution in [0.15, 0.2) is 52.3 Å². The maximum absolute atomic E-state index is 13.7. The smallest absolute Gasteiger partial charge is 0.267 e. The molecule has 5 rings (SSSR count). The molecule has 0 radical (unpaired) electrons. The maximum atomic E-state index is 13.7. The molecule has 0 bridgehead atoms. The van der Waals surface area contributed by atoms with Crippen molar-refractivity contribution in [3.8, 4) is 0 Å². The van der Waals surface area contributed by atoms with Gasteiger partial charge in [0.05, 0.1) is 10.5 Å². The molecule has 4 heterocycles. The fraction of sp³-hybridized carbons (Fsp3) is 0.308. The van der Waals surface area contributed by atoms with Gasteiger partial charge in [-0.1, -0.05) is 30.0 Å². The van der Waals surface area contributed by atoms with Gasteiger partial charge in [0.25, 0.3) is 11.5 Å². The van der Waals surface area contributed by atoms with Crippen molar-refractivity contribution < 1.29 is 9.18 Å². The Labute approximate surface area is 218 Å². The number of anilines is 2. The van der Waals surface area contributed by atoms with Crippen LogP contribution in [-0.2, 0) is 4.79 Å². The van der Waals surface area contributed by atoms with Gasteiger partial charge in [0.15, 0.2) is 0 Å². The summed E-state index contributed by atoms with van der Waals surface area (Å²) in [5, 5.41) is 0. The molecule has 186 valence electrons. The van der Waals surface area contributed by atoms with Crippen LogP contribution in [-0.4, -0.2) is 56.7 Å². The molecule has 0 spiro atoms. The van der Waals surface area contributed by atoms with Crippen molar-refractivity contribution in [3.05, 3.63) is 74.8 Å². The zero-order valence-corrected chi connectivity index (χ0v) is 21.9. The Balaban J connectivity index is 1.54. The van der Waals surface area contributed by atoms with Crippen LogP contribution < -0.4 is 15.4 Å². The number of aromatic nitrogens is 2. The SMILES string of the molecule is Cc1ccc2nc(N3CCN(c4ccc(F)cc4)CC3)c(/C=C3\SC(=S)N(C(C)C)C3=O)c(=O)n2c1. The number of fused-ring (bicyclic) bond motifs is 1. The largest absolute Gasteiger partial charge is 0.368 e. The van der Waals surface area contributed by atoms with Crippen molar-refractivity contribution >= 4 is 57.4 Å². The fourth-order valence-electron chi connectivity index (χ4n) is 4.50. The van der Waals surface area contributed by atoms with Crippen molar-refractivity contribution in [2.24, 2.45) is 0 Å². The summed E-state index contributed by atoms with van der Waals surface area (Å²) in [7, 11) is 0. The van der Waals surface area contributed by atoms with E-state index >= 15 is 0 Å². The van der Waals surface area contributed by atoms with Gasteiger partial charge in [-0.15, -0.1) is 0 Å². The molecule has 2 aromatic heterocycles. The van der Waals surface area contributed by atoms with Gasteiger partial charge in [-0.2, -0.15) is 0 Å². The topological polar surface area (TPSA) is 61.2 Å². The molecule has 7 nitrogen and oxygen atoms in total. The Hall–Kier alpha value is -3.24. The van der Waals surface area contributed by atoms with E-state index in [1.165, 1.54) is 28.3 Å². The van der Waals surface area contributed by atoms with Gasteiger partial charge in [0.2, 0.25) is 0 Å². The molecule has 1 amide bonds. The number of benzene rings is 1. The van der Waals surface area contributed by atoms with Crippen LogP contribution >= 0.6 is 24.0 Å². The molecule has 0 atom stereocenters. The molecular weight excluding hydrogens is 497 g/mol. The van der Waals surface area contributed by atoms with Gasteiger partial charge in [-0.05, 0) is 62.7 Å². The molecule has 2 fully saturated rings. The summed E-state index contributed by atoms with van der Waals surface area (Å²) in [4.78, 5) is 37.9. The van der Waals surface area contributed by atoms with E-state index in [0.29, 0.717) is 52.4 Å². The van der Waals surface area contributed by atoms with E-state index in [-0.39, 0.29) is 23.3 Å². The zero-order valence-electron chi connectivity index (χ0n) is 20.3. The van der Waals surface area contributed by atoms with Crippen LogP contribution in [0, 0.1) is 12.7 Å². The number of hydrogen-bond donors (Lipinski definition) is 0. The van der Waals surface area contributed by atoms with Crippen molar-refractivity contribution in [2.45, 2.75) is 26.8 Å². The monoisotopic (exact) mass is 523 g/mol. The predicted molar refractivity (Wildman–Crippen MR) is 147 cm³/mol. The first kappa shape index (κ1) is 24.5. The maximum Gasteiger partial charge on any atom is 0.267 e. The summed E-state index contributed by atoms with van der Waals surface area (Å²) < 4.78 is 15.4. The number of carbonyl (C=O) groups excluding carboxylic acids is 1. The van der Waals surface area contributed by atoms with E-state index in [2.05, 4.69) is 9.80 Å². The van der Waals surface area contributed by atoms with Crippen LogP contribution in [0.25, 0.3) is 11.7 Å². The van der Waals surface area contributed by atoms with E-state index in [0.717, 1.165) is 11.3 Å². The van der Waals surface area contributed by atoms with E-state index in [9.17, 15) is 14.0 Å². The molecule has 0 aliphatic carbocycles. The van der Waals surface area contributed by atoms with Crippen LogP contribution in [0.1, 0.15) is 25.0 Å². The van der Waals surface area contributed by atoms with Crippen molar-refractivity contribution in [2.75, 3.05) is 36.0 Å². The van der Waals surface area contributed by atoms with E-state index in [1.54, 1.807) is 29.3 Å². The number of thioether (sulfide) groups is 1. The first-order chi connectivity index (χ1) is 17.2. The summed E-state index contributed by atoms with van der Waals surface area (Å²) in [5.41, 5.74) is 2.58. The minimum atomic E-state index is -0.263. The number of amides is 1. The molecule has 1 aromatic carbocycles. The molecule has 3 aromatic rings. The molecule has 0 N–H and O–H groups in total. The third-order valence-electron chi connectivity index (χ3n) is 6.37. The van der Waals surface area contributed by atoms with Gasteiger partial charge in [0, 0.05) is 44.1 Å². The second kappa shape index (κ2) is 9.67. The molecule has 10 heteroatoms. The number of pyridine rings is 1. The van der Waals surface area contributed by atoms with Crippen molar-refractivity contribution in [1.82, 2.24) is 14.3 Å². The molecule has 36 heavy (non-hydrogen) atoms. The summed E-state index contributed by atoms with van der Waals surface area (Å²) in [6.07, 6.45) is 3.41.